The van der Waals surface area contributed by atoms with Gasteiger partial charge in [0.05, 0.1) is 23.4 Å². The fraction of sp³-hybridized carbons (Fsp3) is 0.0909. The van der Waals surface area contributed by atoms with Crippen LogP contribution in [-0.4, -0.2) is 18.0 Å². The van der Waals surface area contributed by atoms with Gasteiger partial charge in [-0.2, -0.15) is 0 Å². The van der Waals surface area contributed by atoms with Crippen LogP contribution in [0.4, 0.5) is 13.9 Å². The van der Waals surface area contributed by atoms with Crippen molar-refractivity contribution in [1.29, 1.82) is 0 Å². The Balaban J connectivity index is 1.83. The molecule has 0 aliphatic heterocycles. The fourth-order valence-electron chi connectivity index (χ4n) is 3.00. The van der Waals surface area contributed by atoms with Crippen LogP contribution < -0.4 is 9.64 Å². The van der Waals surface area contributed by atoms with E-state index < -0.39 is 17.5 Å². The molecule has 152 valence electrons. The molecule has 3 aromatic carbocycles. The maximum absolute atomic E-state index is 13.8. The Labute approximate surface area is 180 Å². The number of fused-ring (bicyclic) bond motifs is 1. The second kappa shape index (κ2) is 8.38. The number of carbonyl (C=O) groups excluding carboxylic acids is 1. The fourth-order valence-corrected chi connectivity index (χ4v) is 4.25. The van der Waals surface area contributed by atoms with Crippen molar-refractivity contribution in [1.82, 2.24) is 4.98 Å². The van der Waals surface area contributed by atoms with Gasteiger partial charge in [0, 0.05) is 5.56 Å². The number of carbonyl (C=O) groups is 1. The van der Waals surface area contributed by atoms with E-state index in [1.807, 2.05) is 30.3 Å². The zero-order valence-electron chi connectivity index (χ0n) is 15.7. The lowest BCUT2D eigenvalue weighted by molar-refractivity contribution is 0.0984. The normalized spacial score (nSPS) is 10.9. The van der Waals surface area contributed by atoms with Gasteiger partial charge in [-0.15, -0.1) is 0 Å². The first-order valence-corrected chi connectivity index (χ1v) is 10.1. The minimum absolute atomic E-state index is 0.0159. The van der Waals surface area contributed by atoms with Crippen LogP contribution in [0.1, 0.15) is 15.9 Å². The van der Waals surface area contributed by atoms with Crippen LogP contribution in [0.3, 0.4) is 0 Å². The molecule has 0 aliphatic rings. The number of halogens is 3. The number of ether oxygens (including phenoxy) is 1. The number of rotatable bonds is 5. The highest BCUT2D eigenvalue weighted by atomic mass is 35.5. The van der Waals surface area contributed by atoms with Crippen LogP contribution in [0.2, 0.25) is 5.02 Å². The zero-order chi connectivity index (χ0) is 21.3. The number of methoxy groups -OCH3 is 1. The average Bonchev–Trinajstić information content (AvgIpc) is 3.21. The summed E-state index contributed by atoms with van der Waals surface area (Å²) in [6.07, 6.45) is 0. The van der Waals surface area contributed by atoms with Crippen molar-refractivity contribution in [2.75, 3.05) is 12.0 Å². The van der Waals surface area contributed by atoms with E-state index in [0.29, 0.717) is 26.1 Å². The van der Waals surface area contributed by atoms with Crippen LogP contribution in [0.25, 0.3) is 10.2 Å². The first-order valence-electron chi connectivity index (χ1n) is 8.92. The van der Waals surface area contributed by atoms with E-state index in [1.165, 1.54) is 29.4 Å². The standard InChI is InChI=1S/C22H15ClF2N2O2S/c1-29-18-10-8-15(23)20-19(18)26-22(30-20)27(12-13-5-3-2-4-6-13)21(28)14-7-9-16(24)17(25)11-14/h2-11H,12H2,1H3. The first kappa shape index (κ1) is 20.3. The van der Waals surface area contributed by atoms with E-state index in [-0.39, 0.29) is 12.1 Å². The molecule has 1 heterocycles. The Hall–Kier alpha value is -3.03. The summed E-state index contributed by atoms with van der Waals surface area (Å²) in [4.78, 5) is 19.3. The summed E-state index contributed by atoms with van der Waals surface area (Å²) in [5, 5.41) is 0.851. The number of hydrogen-bond donors (Lipinski definition) is 0. The van der Waals surface area contributed by atoms with Crippen molar-refractivity contribution >= 4 is 44.2 Å². The van der Waals surface area contributed by atoms with Gasteiger partial charge in [0.2, 0.25) is 0 Å². The van der Waals surface area contributed by atoms with Gasteiger partial charge in [-0.05, 0) is 35.9 Å². The lowest BCUT2D eigenvalue weighted by atomic mass is 10.1. The van der Waals surface area contributed by atoms with Crippen LogP contribution in [0, 0.1) is 11.6 Å². The molecule has 0 atom stereocenters. The van der Waals surface area contributed by atoms with Crippen molar-refractivity contribution in [3.8, 4) is 5.75 Å². The molecule has 4 aromatic rings. The van der Waals surface area contributed by atoms with Crippen LogP contribution in [0.5, 0.6) is 5.75 Å². The summed E-state index contributed by atoms with van der Waals surface area (Å²) in [6, 6.07) is 15.8. The topological polar surface area (TPSA) is 42.4 Å². The molecule has 1 amide bonds. The van der Waals surface area contributed by atoms with Crippen molar-refractivity contribution in [2.45, 2.75) is 6.54 Å². The molecule has 0 saturated heterocycles. The lowest BCUT2D eigenvalue weighted by Gasteiger charge is -2.20. The summed E-state index contributed by atoms with van der Waals surface area (Å²) >= 11 is 7.54. The summed E-state index contributed by atoms with van der Waals surface area (Å²) < 4.78 is 33.1. The predicted molar refractivity (Wildman–Crippen MR) is 114 cm³/mol. The van der Waals surface area contributed by atoms with Gasteiger partial charge in [0.25, 0.3) is 5.91 Å². The molecule has 0 spiro atoms. The van der Waals surface area contributed by atoms with Gasteiger partial charge in [0.15, 0.2) is 16.8 Å². The summed E-state index contributed by atoms with van der Waals surface area (Å²) in [7, 11) is 1.52. The molecule has 30 heavy (non-hydrogen) atoms. The molecule has 0 aliphatic carbocycles. The van der Waals surface area contributed by atoms with Crippen LogP contribution in [-0.2, 0) is 6.54 Å². The Morgan fingerprint density at radius 1 is 1.10 bits per heavy atom. The number of aromatic nitrogens is 1. The molecule has 0 fully saturated rings. The molecule has 4 nitrogen and oxygen atoms in total. The minimum atomic E-state index is -1.09. The van der Waals surface area contributed by atoms with E-state index in [2.05, 4.69) is 4.98 Å². The second-order valence-corrected chi connectivity index (χ2v) is 7.81. The molecule has 0 saturated carbocycles. The number of nitrogens with zero attached hydrogens (tertiary/aromatic N) is 2. The van der Waals surface area contributed by atoms with E-state index >= 15 is 0 Å². The van der Waals surface area contributed by atoms with E-state index in [0.717, 1.165) is 17.7 Å². The number of thiazole rings is 1. The molecular formula is C22H15ClF2N2O2S. The highest BCUT2D eigenvalue weighted by Gasteiger charge is 2.24. The van der Waals surface area contributed by atoms with Crippen LogP contribution in [0.15, 0.2) is 60.7 Å². The van der Waals surface area contributed by atoms with E-state index in [1.54, 1.807) is 12.1 Å². The molecule has 4 rings (SSSR count). The Bertz CT molecular complexity index is 1230. The van der Waals surface area contributed by atoms with Gasteiger partial charge in [-0.25, -0.2) is 13.8 Å². The smallest absolute Gasteiger partial charge is 0.260 e. The third-order valence-corrected chi connectivity index (χ3v) is 6.03. The Morgan fingerprint density at radius 2 is 1.87 bits per heavy atom. The summed E-state index contributed by atoms with van der Waals surface area (Å²) in [6.45, 7) is 0.193. The molecule has 0 unspecified atom stereocenters. The summed E-state index contributed by atoms with van der Waals surface area (Å²) in [5.74, 6) is -2.09. The van der Waals surface area contributed by atoms with Gasteiger partial charge < -0.3 is 4.74 Å². The molecule has 1 aromatic heterocycles. The molecule has 0 radical (unpaired) electrons. The maximum atomic E-state index is 13.8. The molecular weight excluding hydrogens is 430 g/mol. The maximum Gasteiger partial charge on any atom is 0.260 e. The number of hydrogen-bond acceptors (Lipinski definition) is 4. The average molecular weight is 445 g/mol. The number of amides is 1. The second-order valence-electron chi connectivity index (χ2n) is 6.43. The zero-order valence-corrected chi connectivity index (χ0v) is 17.3. The quantitative estimate of drug-likeness (QED) is 0.374. The largest absolute Gasteiger partial charge is 0.494 e. The molecule has 8 heteroatoms. The highest BCUT2D eigenvalue weighted by Crippen LogP contribution is 2.39. The van der Waals surface area contributed by atoms with Crippen LogP contribution >= 0.6 is 22.9 Å². The highest BCUT2D eigenvalue weighted by molar-refractivity contribution is 7.23. The Kier molecular flexibility index (Phi) is 5.65. The van der Waals surface area contributed by atoms with Gasteiger partial charge in [0.1, 0.15) is 11.3 Å². The third kappa shape index (κ3) is 3.86. The van der Waals surface area contributed by atoms with Gasteiger partial charge in [-0.1, -0.05) is 53.3 Å². The van der Waals surface area contributed by atoms with Crippen molar-refractivity contribution < 1.29 is 18.3 Å². The lowest BCUT2D eigenvalue weighted by Crippen LogP contribution is -2.30. The first-order chi connectivity index (χ1) is 14.5. The SMILES string of the molecule is COc1ccc(Cl)c2sc(N(Cc3ccccc3)C(=O)c3ccc(F)c(F)c3)nc12. The third-order valence-electron chi connectivity index (χ3n) is 4.49. The molecule has 0 N–H and O–H groups in total. The monoisotopic (exact) mass is 444 g/mol. The Morgan fingerprint density at radius 3 is 2.57 bits per heavy atom. The minimum Gasteiger partial charge on any atom is -0.494 e. The molecule has 0 bridgehead atoms. The van der Waals surface area contributed by atoms with E-state index in [4.69, 9.17) is 16.3 Å². The summed E-state index contributed by atoms with van der Waals surface area (Å²) in [5.41, 5.74) is 1.40. The predicted octanol–water partition coefficient (Wildman–Crippen LogP) is 6.08. The van der Waals surface area contributed by atoms with Crippen molar-refractivity contribution in [3.63, 3.8) is 0 Å². The van der Waals surface area contributed by atoms with Gasteiger partial charge in [-0.3, -0.25) is 9.69 Å². The van der Waals surface area contributed by atoms with Crippen molar-refractivity contribution in [2.24, 2.45) is 0 Å². The number of anilines is 1. The van der Waals surface area contributed by atoms with Crippen molar-refractivity contribution in [3.05, 3.63) is 88.4 Å². The van der Waals surface area contributed by atoms with E-state index in [9.17, 15) is 13.6 Å². The number of benzene rings is 3. The van der Waals surface area contributed by atoms with Gasteiger partial charge >= 0.3 is 0 Å².